The summed E-state index contributed by atoms with van der Waals surface area (Å²) in [5, 5.41) is -0.720. The second-order valence-electron chi connectivity index (χ2n) is 6.95. The van der Waals surface area contributed by atoms with Crippen molar-refractivity contribution >= 4 is 27.3 Å². The van der Waals surface area contributed by atoms with Crippen LogP contribution in [0, 0.1) is 0 Å². The van der Waals surface area contributed by atoms with Gasteiger partial charge in [-0.05, 0) is 37.3 Å². The second kappa shape index (κ2) is 5.72. The van der Waals surface area contributed by atoms with E-state index >= 15 is 0 Å². The maximum absolute atomic E-state index is 13.3. The summed E-state index contributed by atoms with van der Waals surface area (Å²) in [6.45, 7) is 1.81. The molecule has 5 nitrogen and oxygen atoms in total. The highest BCUT2D eigenvalue weighted by Crippen LogP contribution is 2.50. The third-order valence-corrected chi connectivity index (χ3v) is 7.72. The van der Waals surface area contributed by atoms with Crippen molar-refractivity contribution < 1.29 is 17.9 Å². The van der Waals surface area contributed by atoms with Gasteiger partial charge >= 0.3 is 0 Å². The maximum Gasteiger partial charge on any atom is 0.244 e. The highest BCUT2D eigenvalue weighted by Gasteiger charge is 2.57. The molecule has 3 atom stereocenters. The summed E-state index contributed by atoms with van der Waals surface area (Å²) in [5.74, 6) is -0.407. The van der Waals surface area contributed by atoms with E-state index in [-0.39, 0.29) is 4.90 Å². The van der Waals surface area contributed by atoms with Crippen molar-refractivity contribution in [1.29, 1.82) is 0 Å². The predicted octanol–water partition coefficient (Wildman–Crippen LogP) is 3.24. The number of likely N-dealkylation sites (tertiary alicyclic amines) is 1. The van der Waals surface area contributed by atoms with E-state index in [1.165, 1.54) is 17.0 Å². The first-order chi connectivity index (χ1) is 12.2. The Bertz CT molecular complexity index is 992. The first-order valence-corrected chi connectivity index (χ1v) is 10.2. The number of piperidine rings is 1. The third-order valence-electron chi connectivity index (χ3n) is 5.35. The number of fused-ring (bicyclic) bond motifs is 4. The number of hydrogen-bond acceptors (Lipinski definition) is 4. The summed E-state index contributed by atoms with van der Waals surface area (Å²) in [6.07, 6.45) is 0.388. The smallest absolute Gasteiger partial charge is 0.244 e. The number of rotatable bonds is 2. The Hall–Kier alpha value is -2.05. The summed E-state index contributed by atoms with van der Waals surface area (Å²) in [6, 6.07) is 13.2. The molecule has 1 fully saturated rings. The molecule has 0 N–H and O–H groups in total. The number of ether oxygens (including phenoxy) is 1. The highest BCUT2D eigenvalue weighted by molar-refractivity contribution is 7.92. The summed E-state index contributed by atoms with van der Waals surface area (Å²) < 4.78 is 32.7. The predicted molar refractivity (Wildman–Crippen MR) is 98.0 cm³/mol. The van der Waals surface area contributed by atoms with E-state index in [0.717, 1.165) is 0 Å². The Morgan fingerprint density at radius 2 is 1.88 bits per heavy atom. The van der Waals surface area contributed by atoms with E-state index in [4.69, 9.17) is 16.3 Å². The van der Waals surface area contributed by atoms with Gasteiger partial charge in [-0.25, -0.2) is 8.42 Å². The van der Waals surface area contributed by atoms with Crippen LogP contribution in [0.2, 0.25) is 5.02 Å². The zero-order chi connectivity index (χ0) is 18.7. The molecule has 7 heteroatoms. The first-order valence-electron chi connectivity index (χ1n) is 8.29. The minimum atomic E-state index is -3.87. The maximum atomic E-state index is 13.3. The van der Waals surface area contributed by atoms with E-state index in [1.807, 2.05) is 0 Å². The van der Waals surface area contributed by atoms with Gasteiger partial charge < -0.3 is 9.64 Å². The van der Waals surface area contributed by atoms with Gasteiger partial charge in [0.25, 0.3) is 0 Å². The summed E-state index contributed by atoms with van der Waals surface area (Å²) >= 11 is 6.13. The molecule has 136 valence electrons. The van der Waals surface area contributed by atoms with Crippen LogP contribution in [-0.4, -0.2) is 37.2 Å². The van der Waals surface area contributed by atoms with E-state index in [1.54, 1.807) is 50.4 Å². The number of halogens is 1. The molecule has 26 heavy (non-hydrogen) atoms. The van der Waals surface area contributed by atoms with Crippen LogP contribution in [0.15, 0.2) is 53.4 Å². The van der Waals surface area contributed by atoms with E-state index < -0.39 is 32.6 Å². The molecular weight excluding hydrogens is 374 g/mol. The molecule has 2 aromatic rings. The van der Waals surface area contributed by atoms with E-state index in [9.17, 15) is 13.2 Å². The van der Waals surface area contributed by atoms with Crippen LogP contribution >= 0.6 is 11.6 Å². The molecule has 0 spiro atoms. The molecule has 2 aromatic carbocycles. The Kier molecular flexibility index (Phi) is 3.82. The van der Waals surface area contributed by atoms with Gasteiger partial charge in [-0.2, -0.15) is 0 Å². The van der Waals surface area contributed by atoms with Gasteiger partial charge in [0.1, 0.15) is 5.75 Å². The lowest BCUT2D eigenvalue weighted by atomic mass is 9.80. The van der Waals surface area contributed by atoms with Crippen molar-refractivity contribution in [2.24, 2.45) is 0 Å². The normalized spacial score (nSPS) is 27.7. The third kappa shape index (κ3) is 2.43. The van der Waals surface area contributed by atoms with Gasteiger partial charge in [-0.1, -0.05) is 29.8 Å². The van der Waals surface area contributed by atoms with Crippen molar-refractivity contribution in [3.63, 3.8) is 0 Å². The van der Waals surface area contributed by atoms with Gasteiger partial charge in [0.2, 0.25) is 5.91 Å². The van der Waals surface area contributed by atoms with Gasteiger partial charge in [-0.3, -0.25) is 4.79 Å². The Morgan fingerprint density at radius 1 is 1.19 bits per heavy atom. The minimum absolute atomic E-state index is 0.144. The van der Waals surface area contributed by atoms with Crippen LogP contribution in [0.4, 0.5) is 0 Å². The van der Waals surface area contributed by atoms with Crippen molar-refractivity contribution in [3.8, 4) is 5.75 Å². The average Bonchev–Trinajstić information content (AvgIpc) is 2.61. The highest BCUT2D eigenvalue weighted by atomic mass is 35.5. The molecule has 1 amide bonds. The lowest BCUT2D eigenvalue weighted by molar-refractivity contribution is -0.159. The zero-order valence-corrected chi connectivity index (χ0v) is 15.9. The molecule has 2 bridgehead atoms. The van der Waals surface area contributed by atoms with Crippen molar-refractivity contribution in [2.75, 3.05) is 7.05 Å². The van der Waals surface area contributed by atoms with Gasteiger partial charge in [-0.15, -0.1) is 0 Å². The molecule has 4 rings (SSSR count). The molecule has 1 saturated heterocycles. The Balaban J connectivity index is 1.92. The molecule has 0 aliphatic carbocycles. The zero-order valence-electron chi connectivity index (χ0n) is 14.3. The molecule has 0 unspecified atom stereocenters. The topological polar surface area (TPSA) is 63.7 Å². The van der Waals surface area contributed by atoms with Crippen LogP contribution < -0.4 is 4.74 Å². The SMILES string of the molecule is CN1C(=O)[C@@H](S(=O)(=O)c2ccccc2)[C@H]2C[C@@]1(C)Oc1ccc(Cl)cc12. The number of benzene rings is 2. The molecule has 0 radical (unpaired) electrons. The van der Waals surface area contributed by atoms with E-state index in [2.05, 4.69) is 0 Å². The van der Waals surface area contributed by atoms with Crippen LogP contribution in [0.3, 0.4) is 0 Å². The van der Waals surface area contributed by atoms with Crippen LogP contribution in [0.5, 0.6) is 5.75 Å². The summed E-state index contributed by atoms with van der Waals surface area (Å²) in [5.41, 5.74) is -0.216. The average molecular weight is 392 g/mol. The van der Waals surface area contributed by atoms with Gasteiger partial charge in [0.15, 0.2) is 20.8 Å². The molecule has 0 saturated carbocycles. The molecule has 0 aromatic heterocycles. The van der Waals surface area contributed by atoms with Crippen LogP contribution in [0.1, 0.15) is 24.8 Å². The fraction of sp³-hybridized carbons (Fsp3) is 0.316. The standard InChI is InChI=1S/C19H18ClNO4S/c1-19-11-15(14-10-12(20)8-9-16(14)25-19)17(18(22)21(19)2)26(23,24)13-6-4-3-5-7-13/h3-10,15,17H,11H2,1-2H3/t15-,17-,19+/m0/s1. The van der Waals surface area contributed by atoms with Crippen molar-refractivity contribution in [1.82, 2.24) is 4.90 Å². The van der Waals surface area contributed by atoms with Gasteiger partial charge in [0.05, 0.1) is 4.90 Å². The minimum Gasteiger partial charge on any atom is -0.468 e. The second-order valence-corrected chi connectivity index (χ2v) is 9.45. The van der Waals surface area contributed by atoms with Gasteiger partial charge in [0, 0.05) is 30.0 Å². The largest absolute Gasteiger partial charge is 0.468 e. The van der Waals surface area contributed by atoms with Crippen LogP contribution in [-0.2, 0) is 14.6 Å². The lowest BCUT2D eigenvalue weighted by Gasteiger charge is -2.51. The fourth-order valence-corrected chi connectivity index (χ4v) is 5.99. The molecule has 2 aliphatic heterocycles. The number of nitrogens with zero attached hydrogens (tertiary/aromatic N) is 1. The summed E-state index contributed by atoms with van der Waals surface area (Å²) in [4.78, 5) is 14.6. The first kappa shape index (κ1) is 17.4. The Morgan fingerprint density at radius 3 is 2.58 bits per heavy atom. The lowest BCUT2D eigenvalue weighted by Crippen LogP contribution is -2.64. The number of carbonyl (C=O) groups excluding carboxylic acids is 1. The molecule has 2 heterocycles. The quantitative estimate of drug-likeness (QED) is 0.788. The number of carbonyl (C=O) groups is 1. The summed E-state index contributed by atoms with van der Waals surface area (Å²) in [7, 11) is -2.28. The van der Waals surface area contributed by atoms with E-state index in [0.29, 0.717) is 22.8 Å². The molecular formula is C19H18ClNO4S. The van der Waals surface area contributed by atoms with Crippen molar-refractivity contribution in [2.45, 2.75) is 35.1 Å². The monoisotopic (exact) mass is 391 g/mol. The number of amides is 1. The number of hydrogen-bond donors (Lipinski definition) is 0. The van der Waals surface area contributed by atoms with Crippen LogP contribution in [0.25, 0.3) is 0 Å². The number of sulfone groups is 1. The fourth-order valence-electron chi connectivity index (χ4n) is 3.88. The molecule has 2 aliphatic rings. The van der Waals surface area contributed by atoms with Crippen molar-refractivity contribution in [3.05, 3.63) is 59.1 Å². The Labute approximate surface area is 157 Å².